The number of hydrogen-bond donors (Lipinski definition) is 2. The summed E-state index contributed by atoms with van der Waals surface area (Å²) in [6, 6.07) is 6.39. The van der Waals surface area contributed by atoms with E-state index < -0.39 is 10.0 Å². The van der Waals surface area contributed by atoms with Crippen LogP contribution in [0.15, 0.2) is 29.2 Å². The zero-order chi connectivity index (χ0) is 12.0. The van der Waals surface area contributed by atoms with Gasteiger partial charge in [-0.25, -0.2) is 13.1 Å². The summed E-state index contributed by atoms with van der Waals surface area (Å²) in [6.45, 7) is 1.17. The Morgan fingerprint density at radius 3 is 2.56 bits per heavy atom. The number of nitrogens with one attached hydrogen (secondary N) is 2. The Morgan fingerprint density at radius 2 is 1.94 bits per heavy atom. The zero-order valence-corrected chi connectivity index (χ0v) is 10.6. The molecule has 16 heavy (non-hydrogen) atoms. The molecule has 6 heteroatoms. The molecule has 0 spiro atoms. The Bertz CT molecular complexity index is 434. The van der Waals surface area contributed by atoms with Gasteiger partial charge in [-0.15, -0.1) is 0 Å². The summed E-state index contributed by atoms with van der Waals surface area (Å²) in [7, 11) is -1.66. The maximum Gasteiger partial charge on any atom is 0.242 e. The molecule has 0 heterocycles. The van der Waals surface area contributed by atoms with Crippen LogP contribution in [0.25, 0.3) is 0 Å². The third-order valence-corrected chi connectivity index (χ3v) is 3.98. The van der Waals surface area contributed by atoms with Gasteiger partial charge in [-0.05, 0) is 32.1 Å². The second-order valence-electron chi connectivity index (χ2n) is 3.29. The molecule has 0 saturated carbocycles. The molecule has 0 aliphatic rings. The Balaban J connectivity index is 2.68. The van der Waals surface area contributed by atoms with Crippen molar-refractivity contribution in [1.29, 1.82) is 0 Å². The summed E-state index contributed by atoms with van der Waals surface area (Å²) >= 11 is 5.82. The topological polar surface area (TPSA) is 58.2 Å². The molecule has 0 aliphatic heterocycles. The zero-order valence-electron chi connectivity index (χ0n) is 9.03. The molecule has 0 aliphatic carbocycles. The number of halogens is 1. The molecule has 0 radical (unpaired) electrons. The minimum absolute atomic E-state index is 0.126. The fourth-order valence-corrected chi connectivity index (χ4v) is 2.80. The van der Waals surface area contributed by atoms with E-state index in [1.165, 1.54) is 6.07 Å². The lowest BCUT2D eigenvalue weighted by Crippen LogP contribution is -2.27. The third kappa shape index (κ3) is 3.75. The van der Waals surface area contributed by atoms with Crippen molar-refractivity contribution in [3.05, 3.63) is 29.3 Å². The summed E-state index contributed by atoms with van der Waals surface area (Å²) in [6.07, 6.45) is 0.736. The van der Waals surface area contributed by atoms with Gasteiger partial charge in [0.05, 0.1) is 5.02 Å². The van der Waals surface area contributed by atoms with Crippen molar-refractivity contribution in [2.75, 3.05) is 20.1 Å². The molecule has 0 saturated heterocycles. The summed E-state index contributed by atoms with van der Waals surface area (Å²) < 4.78 is 26.1. The van der Waals surface area contributed by atoms with Gasteiger partial charge in [0.2, 0.25) is 10.0 Å². The van der Waals surface area contributed by atoms with Gasteiger partial charge in [-0.3, -0.25) is 0 Å². The maximum atomic E-state index is 11.8. The van der Waals surface area contributed by atoms with Crippen molar-refractivity contribution < 1.29 is 8.42 Å². The van der Waals surface area contributed by atoms with Crippen LogP contribution in [0.4, 0.5) is 0 Å². The predicted octanol–water partition coefficient (Wildman–Crippen LogP) is 1.23. The van der Waals surface area contributed by atoms with Crippen LogP contribution in [0.3, 0.4) is 0 Å². The number of sulfonamides is 1. The van der Waals surface area contributed by atoms with Gasteiger partial charge in [0.25, 0.3) is 0 Å². The standard InChI is InChI=1S/C10H15ClN2O2S/c1-12-7-4-8-13-16(14,15)10-6-3-2-5-9(10)11/h2-3,5-6,12-13H,4,7-8H2,1H3. The van der Waals surface area contributed by atoms with E-state index in [2.05, 4.69) is 10.0 Å². The van der Waals surface area contributed by atoms with Crippen LogP contribution in [0.5, 0.6) is 0 Å². The molecule has 0 bridgehead atoms. The summed E-state index contributed by atoms with van der Waals surface area (Å²) in [5.74, 6) is 0. The van der Waals surface area contributed by atoms with E-state index in [1.54, 1.807) is 18.2 Å². The van der Waals surface area contributed by atoms with Gasteiger partial charge >= 0.3 is 0 Å². The Kier molecular flexibility index (Phi) is 5.21. The molecule has 1 aromatic carbocycles. The molecule has 1 aromatic rings. The molecule has 2 N–H and O–H groups in total. The molecular weight excluding hydrogens is 248 g/mol. The molecule has 4 nitrogen and oxygen atoms in total. The summed E-state index contributed by atoms with van der Waals surface area (Å²) in [5.41, 5.74) is 0. The Labute approximate surface area is 101 Å². The summed E-state index contributed by atoms with van der Waals surface area (Å²) in [4.78, 5) is 0.126. The smallest absolute Gasteiger partial charge is 0.242 e. The number of hydrogen-bond acceptors (Lipinski definition) is 3. The number of benzene rings is 1. The number of rotatable bonds is 6. The van der Waals surface area contributed by atoms with E-state index >= 15 is 0 Å². The molecule has 0 aromatic heterocycles. The van der Waals surface area contributed by atoms with Gasteiger partial charge in [-0.1, -0.05) is 23.7 Å². The lowest BCUT2D eigenvalue weighted by Gasteiger charge is -2.07. The van der Waals surface area contributed by atoms with E-state index in [4.69, 9.17) is 11.6 Å². The van der Waals surface area contributed by atoms with Crippen molar-refractivity contribution in [3.8, 4) is 0 Å². The van der Waals surface area contributed by atoms with Crippen molar-refractivity contribution in [1.82, 2.24) is 10.0 Å². The van der Waals surface area contributed by atoms with Crippen molar-refractivity contribution in [2.24, 2.45) is 0 Å². The van der Waals surface area contributed by atoms with Crippen molar-refractivity contribution in [3.63, 3.8) is 0 Å². The first kappa shape index (κ1) is 13.4. The molecule has 0 fully saturated rings. The lowest BCUT2D eigenvalue weighted by molar-refractivity contribution is 0.577. The normalized spacial score (nSPS) is 11.6. The third-order valence-electron chi connectivity index (χ3n) is 2.02. The van der Waals surface area contributed by atoms with Crippen LogP contribution in [0.2, 0.25) is 5.02 Å². The minimum Gasteiger partial charge on any atom is -0.320 e. The fourth-order valence-electron chi connectivity index (χ4n) is 1.21. The van der Waals surface area contributed by atoms with Gasteiger partial charge in [-0.2, -0.15) is 0 Å². The summed E-state index contributed by atoms with van der Waals surface area (Å²) in [5, 5.41) is 3.18. The van der Waals surface area contributed by atoms with Crippen molar-refractivity contribution in [2.45, 2.75) is 11.3 Å². The van der Waals surface area contributed by atoms with Gasteiger partial charge < -0.3 is 5.32 Å². The van der Waals surface area contributed by atoms with E-state index in [-0.39, 0.29) is 9.92 Å². The highest BCUT2D eigenvalue weighted by Crippen LogP contribution is 2.19. The van der Waals surface area contributed by atoms with E-state index in [1.807, 2.05) is 7.05 Å². The van der Waals surface area contributed by atoms with Crippen LogP contribution in [-0.4, -0.2) is 28.6 Å². The van der Waals surface area contributed by atoms with Crippen LogP contribution < -0.4 is 10.0 Å². The maximum absolute atomic E-state index is 11.8. The highest BCUT2D eigenvalue weighted by Gasteiger charge is 2.15. The average molecular weight is 263 g/mol. The highest BCUT2D eigenvalue weighted by atomic mass is 35.5. The second kappa shape index (κ2) is 6.20. The SMILES string of the molecule is CNCCCNS(=O)(=O)c1ccccc1Cl. The molecule has 90 valence electrons. The monoisotopic (exact) mass is 262 g/mol. The molecule has 0 amide bonds. The van der Waals surface area contributed by atoms with E-state index in [9.17, 15) is 8.42 Å². The van der Waals surface area contributed by atoms with Crippen LogP contribution in [-0.2, 0) is 10.0 Å². The first-order valence-corrected chi connectivity index (χ1v) is 6.83. The predicted molar refractivity (Wildman–Crippen MR) is 65.2 cm³/mol. The average Bonchev–Trinajstić information content (AvgIpc) is 2.25. The molecule has 1 rings (SSSR count). The lowest BCUT2D eigenvalue weighted by atomic mass is 10.4. The minimum atomic E-state index is -3.48. The van der Waals surface area contributed by atoms with E-state index in [0.717, 1.165) is 13.0 Å². The van der Waals surface area contributed by atoms with Gasteiger partial charge in [0.1, 0.15) is 4.90 Å². The Hall–Kier alpha value is -0.620. The van der Waals surface area contributed by atoms with Crippen LogP contribution in [0.1, 0.15) is 6.42 Å². The second-order valence-corrected chi connectivity index (χ2v) is 5.43. The quantitative estimate of drug-likeness (QED) is 0.758. The first-order valence-electron chi connectivity index (χ1n) is 4.97. The van der Waals surface area contributed by atoms with Crippen molar-refractivity contribution >= 4 is 21.6 Å². The Morgan fingerprint density at radius 1 is 1.25 bits per heavy atom. The van der Waals surface area contributed by atoms with Crippen LogP contribution in [0, 0.1) is 0 Å². The van der Waals surface area contributed by atoms with Gasteiger partial charge in [0, 0.05) is 6.54 Å². The largest absolute Gasteiger partial charge is 0.320 e. The van der Waals surface area contributed by atoms with E-state index in [0.29, 0.717) is 6.54 Å². The first-order chi connectivity index (χ1) is 7.58. The molecule has 0 unspecified atom stereocenters. The molecular formula is C10H15ClN2O2S. The molecule has 0 atom stereocenters. The fraction of sp³-hybridized carbons (Fsp3) is 0.400. The van der Waals surface area contributed by atoms with Gasteiger partial charge in [0.15, 0.2) is 0 Å². The highest BCUT2D eigenvalue weighted by molar-refractivity contribution is 7.89. The van der Waals surface area contributed by atoms with Crippen LogP contribution >= 0.6 is 11.6 Å².